The van der Waals surface area contributed by atoms with Crippen molar-refractivity contribution in [2.75, 3.05) is 14.2 Å². The van der Waals surface area contributed by atoms with Crippen molar-refractivity contribution in [1.29, 1.82) is 0 Å². The number of H-pyrrole nitrogens is 2. The predicted molar refractivity (Wildman–Crippen MR) is 193 cm³/mol. The number of aryl methyl sites for hydroxylation is 3. The molecule has 2 N–H and O–H groups in total. The zero-order chi connectivity index (χ0) is 34.8. The Hall–Kier alpha value is -6.36. The van der Waals surface area contributed by atoms with Crippen LogP contribution in [0.3, 0.4) is 0 Å². The molecule has 0 unspecified atom stereocenters. The number of carbonyl (C=O) groups is 3. The molecule has 6 heterocycles. The quantitative estimate of drug-likeness (QED) is 0.127. The van der Waals surface area contributed by atoms with Gasteiger partial charge in [0.2, 0.25) is 0 Å². The number of methoxy groups -OCH3 is 2. The molecule has 0 saturated carbocycles. The SMILES string of the molecule is COC(=O)CCc1c2nc(c(CCC(=O)OC)c3ccc([nH]3)c(-c3nccn3C)c3nc(c(-c4cccc(C=O)c4)c4ccc1[nH]4)C=C3)C=C2. The van der Waals surface area contributed by atoms with Gasteiger partial charge in [-0.05, 0) is 73.0 Å². The lowest BCUT2D eigenvalue weighted by Crippen LogP contribution is -2.04. The van der Waals surface area contributed by atoms with Crippen molar-refractivity contribution in [2.45, 2.75) is 25.7 Å². The standard InChI is InChI=1S/C39H34N6O5/c1-45-20-19-40-39(45)38-33-14-12-30(43-33)26(8-18-36(48)50-3)28-10-9-27(41-28)25(7-17-35(47)49-2)29-11-13-31(42-29)37(32-15-16-34(38)44-32)24-6-4-5-23(21-24)22-46/h4-6,9-16,19-22,42-43H,7-8,17-18H2,1-3H3. The molecule has 0 saturated heterocycles. The molecule has 0 aliphatic carbocycles. The normalized spacial score (nSPS) is 11.9. The Labute approximate surface area is 287 Å². The Kier molecular flexibility index (Phi) is 8.78. The molecule has 0 fully saturated rings. The van der Waals surface area contributed by atoms with Crippen LogP contribution in [0, 0.1) is 0 Å². The molecule has 2 aliphatic rings. The summed E-state index contributed by atoms with van der Waals surface area (Å²) in [6, 6.07) is 15.3. The highest BCUT2D eigenvalue weighted by atomic mass is 16.5. The molecule has 1 aromatic carbocycles. The lowest BCUT2D eigenvalue weighted by molar-refractivity contribution is -0.141. The van der Waals surface area contributed by atoms with Crippen LogP contribution < -0.4 is 0 Å². The number of aromatic amines is 2. The third-order valence-electron chi connectivity index (χ3n) is 8.94. The smallest absolute Gasteiger partial charge is 0.305 e. The van der Waals surface area contributed by atoms with E-state index < -0.39 is 0 Å². The number of rotatable bonds is 9. The average molecular weight is 667 g/mol. The first kappa shape index (κ1) is 32.2. The van der Waals surface area contributed by atoms with Crippen molar-refractivity contribution in [3.05, 3.63) is 100 Å². The maximum Gasteiger partial charge on any atom is 0.305 e. The van der Waals surface area contributed by atoms with Gasteiger partial charge in [0.15, 0.2) is 0 Å². The molecule has 8 bridgehead atoms. The molecular formula is C39H34N6O5. The monoisotopic (exact) mass is 666 g/mol. The van der Waals surface area contributed by atoms with Gasteiger partial charge in [-0.3, -0.25) is 14.4 Å². The highest BCUT2D eigenvalue weighted by Gasteiger charge is 2.20. The van der Waals surface area contributed by atoms with Gasteiger partial charge in [0, 0.05) is 71.1 Å². The zero-order valence-electron chi connectivity index (χ0n) is 27.8. The molecular weight excluding hydrogens is 632 g/mol. The lowest BCUT2D eigenvalue weighted by Gasteiger charge is -2.07. The van der Waals surface area contributed by atoms with Gasteiger partial charge in [-0.1, -0.05) is 18.2 Å². The van der Waals surface area contributed by atoms with E-state index in [0.717, 1.165) is 56.2 Å². The van der Waals surface area contributed by atoms with Crippen LogP contribution in [-0.2, 0) is 39.0 Å². The van der Waals surface area contributed by atoms with Gasteiger partial charge < -0.3 is 24.0 Å². The molecule has 2 aliphatic heterocycles. The van der Waals surface area contributed by atoms with Crippen molar-refractivity contribution in [3.8, 4) is 22.5 Å². The first-order chi connectivity index (χ1) is 24.4. The van der Waals surface area contributed by atoms with Crippen LogP contribution in [0.25, 0.3) is 68.9 Å². The minimum Gasteiger partial charge on any atom is -0.469 e. The topological polar surface area (TPSA) is 145 Å². The van der Waals surface area contributed by atoms with Crippen molar-refractivity contribution >= 4 is 64.6 Å². The molecule has 0 spiro atoms. The maximum atomic E-state index is 12.3. The summed E-state index contributed by atoms with van der Waals surface area (Å²) >= 11 is 0. The number of aldehydes is 1. The van der Waals surface area contributed by atoms with E-state index in [2.05, 4.69) is 15.0 Å². The van der Waals surface area contributed by atoms with Gasteiger partial charge in [-0.25, -0.2) is 15.0 Å². The molecule has 250 valence electrons. The van der Waals surface area contributed by atoms with Crippen LogP contribution in [0.15, 0.2) is 60.9 Å². The van der Waals surface area contributed by atoms with Crippen molar-refractivity contribution in [1.82, 2.24) is 29.5 Å². The van der Waals surface area contributed by atoms with E-state index in [9.17, 15) is 14.4 Å². The summed E-state index contributed by atoms with van der Waals surface area (Å²) < 4.78 is 11.9. The minimum absolute atomic E-state index is 0.152. The van der Waals surface area contributed by atoms with E-state index in [1.165, 1.54) is 14.2 Å². The second-order valence-electron chi connectivity index (χ2n) is 12.0. The Morgan fingerprint density at radius 1 is 0.740 bits per heavy atom. The van der Waals surface area contributed by atoms with Gasteiger partial charge in [-0.15, -0.1) is 0 Å². The van der Waals surface area contributed by atoms with E-state index in [4.69, 9.17) is 19.4 Å². The third kappa shape index (κ3) is 6.16. The van der Waals surface area contributed by atoms with Crippen LogP contribution in [0.4, 0.5) is 0 Å². The highest BCUT2D eigenvalue weighted by Crippen LogP contribution is 2.35. The number of ether oxygens (including phenoxy) is 2. The molecule has 4 aromatic heterocycles. The van der Waals surface area contributed by atoms with Gasteiger partial charge in [0.1, 0.15) is 12.1 Å². The molecule has 5 aromatic rings. The molecule has 11 heteroatoms. The number of hydrogen-bond acceptors (Lipinski definition) is 8. The summed E-state index contributed by atoms with van der Waals surface area (Å²) in [6.07, 6.45) is 13.3. The number of aromatic nitrogens is 6. The number of hydrogen-bond donors (Lipinski definition) is 2. The number of fused-ring (bicyclic) bond motifs is 8. The van der Waals surface area contributed by atoms with Crippen LogP contribution in [0.1, 0.15) is 57.1 Å². The number of esters is 2. The van der Waals surface area contributed by atoms with Crippen LogP contribution >= 0.6 is 0 Å². The molecule has 50 heavy (non-hydrogen) atoms. The van der Waals surface area contributed by atoms with Crippen LogP contribution in [-0.4, -0.2) is 61.9 Å². The van der Waals surface area contributed by atoms with Crippen molar-refractivity contribution < 1.29 is 23.9 Å². The Bertz CT molecular complexity index is 2390. The summed E-state index contributed by atoms with van der Waals surface area (Å²) in [4.78, 5) is 58.6. The van der Waals surface area contributed by atoms with Crippen molar-refractivity contribution in [3.63, 3.8) is 0 Å². The minimum atomic E-state index is -0.335. The summed E-state index contributed by atoms with van der Waals surface area (Å²) in [7, 11) is 4.68. The fourth-order valence-corrected chi connectivity index (χ4v) is 6.42. The summed E-state index contributed by atoms with van der Waals surface area (Å²) in [5.41, 5.74) is 10.5. The first-order valence-electron chi connectivity index (χ1n) is 16.2. The van der Waals surface area contributed by atoms with E-state index >= 15 is 0 Å². The Balaban J connectivity index is 1.62. The van der Waals surface area contributed by atoms with Gasteiger partial charge in [0.05, 0.1) is 48.1 Å². The number of benzene rings is 1. The number of nitrogens with one attached hydrogen (secondary N) is 2. The van der Waals surface area contributed by atoms with Gasteiger partial charge in [0.25, 0.3) is 0 Å². The molecule has 11 nitrogen and oxygen atoms in total. The van der Waals surface area contributed by atoms with Crippen LogP contribution in [0.5, 0.6) is 0 Å². The van der Waals surface area contributed by atoms with Crippen molar-refractivity contribution in [2.24, 2.45) is 7.05 Å². The molecule has 7 rings (SSSR count). The number of carbonyl (C=O) groups excluding carboxylic acids is 3. The fourth-order valence-electron chi connectivity index (χ4n) is 6.42. The third-order valence-corrected chi connectivity index (χ3v) is 8.94. The summed E-state index contributed by atoms with van der Waals surface area (Å²) in [5, 5.41) is 0. The van der Waals surface area contributed by atoms with Crippen LogP contribution in [0.2, 0.25) is 0 Å². The molecule has 0 radical (unpaired) electrons. The highest BCUT2D eigenvalue weighted by molar-refractivity contribution is 5.96. The summed E-state index contributed by atoms with van der Waals surface area (Å²) in [5.74, 6) is 0.0520. The fraction of sp³-hybridized carbons (Fsp3) is 0.179. The van der Waals surface area contributed by atoms with E-state index in [-0.39, 0.29) is 24.8 Å². The van der Waals surface area contributed by atoms with E-state index in [0.29, 0.717) is 47.0 Å². The van der Waals surface area contributed by atoms with Gasteiger partial charge >= 0.3 is 11.9 Å². The zero-order valence-corrected chi connectivity index (χ0v) is 27.8. The Morgan fingerprint density at radius 2 is 1.28 bits per heavy atom. The lowest BCUT2D eigenvalue weighted by atomic mass is 10.0. The number of imidazole rings is 1. The second kappa shape index (κ2) is 13.6. The first-order valence-corrected chi connectivity index (χ1v) is 16.2. The largest absolute Gasteiger partial charge is 0.469 e. The summed E-state index contributed by atoms with van der Waals surface area (Å²) in [6.45, 7) is 0. The predicted octanol–water partition coefficient (Wildman–Crippen LogP) is 6.75. The van der Waals surface area contributed by atoms with E-state index in [1.54, 1.807) is 12.3 Å². The maximum absolute atomic E-state index is 12.3. The molecule has 0 atom stereocenters. The average Bonchev–Trinajstić information content (AvgIpc) is 3.99. The Morgan fingerprint density at radius 3 is 1.84 bits per heavy atom. The van der Waals surface area contributed by atoms with E-state index in [1.807, 2.05) is 84.6 Å². The second-order valence-corrected chi connectivity index (χ2v) is 12.0. The van der Waals surface area contributed by atoms with Gasteiger partial charge in [-0.2, -0.15) is 0 Å². The molecule has 0 amide bonds. The number of nitrogens with zero attached hydrogens (tertiary/aromatic N) is 4.